The summed E-state index contributed by atoms with van der Waals surface area (Å²) >= 11 is 0. The monoisotopic (exact) mass is 363 g/mol. The quantitative estimate of drug-likeness (QED) is 0.811. The molecule has 3 fully saturated rings. The van der Waals surface area contributed by atoms with Crippen LogP contribution in [0.2, 0.25) is 0 Å². The fourth-order valence-electron chi connectivity index (χ4n) is 4.87. The van der Waals surface area contributed by atoms with Gasteiger partial charge < -0.3 is 15.1 Å². The molecule has 0 aromatic rings. The van der Waals surface area contributed by atoms with Crippen molar-refractivity contribution in [1.82, 2.24) is 15.1 Å². The fraction of sp³-hybridized carbons (Fsp3) is 0.905. The van der Waals surface area contributed by atoms with Gasteiger partial charge in [-0.3, -0.25) is 4.79 Å². The van der Waals surface area contributed by atoms with Crippen LogP contribution in [0.25, 0.3) is 0 Å². The van der Waals surface area contributed by atoms with Crippen LogP contribution in [0.1, 0.15) is 71.1 Å². The predicted octanol–water partition coefficient (Wildman–Crippen LogP) is 3.64. The minimum atomic E-state index is 0.104. The number of likely N-dealkylation sites (tertiary alicyclic amines) is 2. The SMILES string of the molecule is CCC1CCC(CNC(=O)N2CCC(CC(=O)N3CCCC3)CC2)CC1. The summed E-state index contributed by atoms with van der Waals surface area (Å²) < 4.78 is 0. The van der Waals surface area contributed by atoms with E-state index in [9.17, 15) is 9.59 Å². The van der Waals surface area contributed by atoms with Crippen LogP contribution in [0.5, 0.6) is 0 Å². The molecule has 2 saturated heterocycles. The number of rotatable bonds is 5. The zero-order chi connectivity index (χ0) is 18.4. The highest BCUT2D eigenvalue weighted by Crippen LogP contribution is 2.30. The van der Waals surface area contributed by atoms with Crippen LogP contribution in [-0.4, -0.2) is 54.5 Å². The van der Waals surface area contributed by atoms with Crippen molar-refractivity contribution in [1.29, 1.82) is 0 Å². The van der Waals surface area contributed by atoms with E-state index in [1.807, 2.05) is 9.80 Å². The lowest BCUT2D eigenvalue weighted by Gasteiger charge is -2.33. The Hall–Kier alpha value is -1.26. The van der Waals surface area contributed by atoms with Crippen LogP contribution in [0.15, 0.2) is 0 Å². The van der Waals surface area contributed by atoms with Gasteiger partial charge in [0.05, 0.1) is 0 Å². The third kappa shape index (κ3) is 5.37. The van der Waals surface area contributed by atoms with Crippen LogP contribution in [0.3, 0.4) is 0 Å². The van der Waals surface area contributed by atoms with Crippen LogP contribution < -0.4 is 5.32 Å². The summed E-state index contributed by atoms with van der Waals surface area (Å²) in [5, 5.41) is 3.17. The van der Waals surface area contributed by atoms with Crippen LogP contribution in [0, 0.1) is 17.8 Å². The van der Waals surface area contributed by atoms with E-state index in [4.69, 9.17) is 0 Å². The molecule has 0 unspecified atom stereocenters. The Bertz CT molecular complexity index is 460. The fourth-order valence-corrected chi connectivity index (χ4v) is 4.87. The highest BCUT2D eigenvalue weighted by Gasteiger charge is 2.27. The lowest BCUT2D eigenvalue weighted by atomic mass is 9.81. The highest BCUT2D eigenvalue weighted by atomic mass is 16.2. The van der Waals surface area contributed by atoms with Gasteiger partial charge in [0.15, 0.2) is 0 Å². The first-order valence-electron chi connectivity index (χ1n) is 11.0. The number of carbonyl (C=O) groups is 2. The van der Waals surface area contributed by atoms with Gasteiger partial charge in [-0.15, -0.1) is 0 Å². The van der Waals surface area contributed by atoms with E-state index in [-0.39, 0.29) is 6.03 Å². The third-order valence-electron chi connectivity index (χ3n) is 6.91. The maximum Gasteiger partial charge on any atom is 0.317 e. The smallest absolute Gasteiger partial charge is 0.317 e. The van der Waals surface area contributed by atoms with Crippen molar-refractivity contribution in [2.24, 2.45) is 17.8 Å². The van der Waals surface area contributed by atoms with Crippen LogP contribution in [0.4, 0.5) is 4.79 Å². The summed E-state index contributed by atoms with van der Waals surface area (Å²) in [6.07, 6.45) is 11.4. The lowest BCUT2D eigenvalue weighted by molar-refractivity contribution is -0.131. The summed E-state index contributed by atoms with van der Waals surface area (Å²) in [7, 11) is 0. The molecular formula is C21H37N3O2. The third-order valence-corrected chi connectivity index (χ3v) is 6.91. The number of hydrogen-bond acceptors (Lipinski definition) is 2. The van der Waals surface area contributed by atoms with Crippen molar-refractivity contribution in [2.75, 3.05) is 32.7 Å². The van der Waals surface area contributed by atoms with Crippen molar-refractivity contribution in [3.8, 4) is 0 Å². The zero-order valence-electron chi connectivity index (χ0n) is 16.5. The van der Waals surface area contributed by atoms with Gasteiger partial charge in [-0.05, 0) is 56.3 Å². The second-order valence-corrected chi connectivity index (χ2v) is 8.70. The van der Waals surface area contributed by atoms with E-state index in [1.54, 1.807) is 0 Å². The molecule has 3 aliphatic rings. The zero-order valence-corrected chi connectivity index (χ0v) is 16.5. The molecule has 5 nitrogen and oxygen atoms in total. The van der Waals surface area contributed by atoms with Gasteiger partial charge in [0.2, 0.25) is 5.91 Å². The molecule has 26 heavy (non-hydrogen) atoms. The number of amides is 3. The minimum Gasteiger partial charge on any atom is -0.343 e. The number of piperidine rings is 1. The van der Waals surface area contributed by atoms with Crippen LogP contribution >= 0.6 is 0 Å². The maximum atomic E-state index is 12.4. The van der Waals surface area contributed by atoms with Crippen molar-refractivity contribution >= 4 is 11.9 Å². The molecule has 3 amide bonds. The largest absolute Gasteiger partial charge is 0.343 e. The second kappa shape index (κ2) is 9.61. The molecule has 3 rings (SSSR count). The molecule has 0 spiro atoms. The number of urea groups is 1. The first-order valence-corrected chi connectivity index (χ1v) is 11.0. The Morgan fingerprint density at radius 1 is 0.808 bits per heavy atom. The van der Waals surface area contributed by atoms with Crippen LogP contribution in [-0.2, 0) is 4.79 Å². The van der Waals surface area contributed by atoms with E-state index >= 15 is 0 Å². The number of nitrogens with one attached hydrogen (secondary N) is 1. The molecule has 1 saturated carbocycles. The summed E-state index contributed by atoms with van der Waals surface area (Å²) in [6, 6.07) is 0.104. The van der Waals surface area contributed by atoms with Gasteiger partial charge in [0.25, 0.3) is 0 Å². The second-order valence-electron chi connectivity index (χ2n) is 8.70. The van der Waals surface area contributed by atoms with Crippen molar-refractivity contribution in [3.63, 3.8) is 0 Å². The standard InChI is InChI=1S/C21H37N3O2/c1-2-17-5-7-19(8-6-17)16-22-21(26)24-13-9-18(10-14-24)15-20(25)23-11-3-4-12-23/h17-19H,2-16H2,1H3,(H,22,26). The molecule has 2 aliphatic heterocycles. The molecular weight excluding hydrogens is 326 g/mol. The molecule has 0 aromatic carbocycles. The maximum absolute atomic E-state index is 12.4. The molecule has 0 radical (unpaired) electrons. The normalized spacial score (nSPS) is 27.6. The molecule has 0 atom stereocenters. The van der Waals surface area contributed by atoms with Crippen molar-refractivity contribution in [3.05, 3.63) is 0 Å². The summed E-state index contributed by atoms with van der Waals surface area (Å²) in [5.41, 5.74) is 0. The van der Waals surface area contributed by atoms with Gasteiger partial charge in [-0.1, -0.05) is 26.2 Å². The molecule has 0 bridgehead atoms. The minimum absolute atomic E-state index is 0.104. The summed E-state index contributed by atoms with van der Waals surface area (Å²) in [6.45, 7) is 6.61. The van der Waals surface area contributed by atoms with E-state index in [0.717, 1.165) is 64.3 Å². The molecule has 0 aromatic heterocycles. The number of carbonyl (C=O) groups excluding carboxylic acids is 2. The average molecular weight is 364 g/mol. The predicted molar refractivity (Wildman–Crippen MR) is 104 cm³/mol. The Balaban J connectivity index is 1.31. The van der Waals surface area contributed by atoms with E-state index < -0.39 is 0 Å². The highest BCUT2D eigenvalue weighted by molar-refractivity contribution is 5.77. The van der Waals surface area contributed by atoms with Gasteiger partial charge in [0.1, 0.15) is 0 Å². The molecule has 1 aliphatic carbocycles. The number of nitrogens with zero attached hydrogens (tertiary/aromatic N) is 2. The molecule has 2 heterocycles. The van der Waals surface area contributed by atoms with Gasteiger partial charge >= 0.3 is 6.03 Å². The molecule has 5 heteroatoms. The first kappa shape index (κ1) is 19.5. The van der Waals surface area contributed by atoms with Crippen molar-refractivity contribution < 1.29 is 9.59 Å². The van der Waals surface area contributed by atoms with Gasteiger partial charge in [-0.2, -0.15) is 0 Å². The van der Waals surface area contributed by atoms with Crippen molar-refractivity contribution in [2.45, 2.75) is 71.1 Å². The number of hydrogen-bond donors (Lipinski definition) is 1. The molecule has 1 N–H and O–H groups in total. The van der Waals surface area contributed by atoms with Gasteiger partial charge in [0, 0.05) is 39.1 Å². The lowest BCUT2D eigenvalue weighted by Crippen LogP contribution is -2.46. The van der Waals surface area contributed by atoms with E-state index in [0.29, 0.717) is 24.2 Å². The topological polar surface area (TPSA) is 52.7 Å². The summed E-state index contributed by atoms with van der Waals surface area (Å²) in [4.78, 5) is 28.7. The van der Waals surface area contributed by atoms with E-state index in [2.05, 4.69) is 12.2 Å². The Morgan fingerprint density at radius 2 is 1.42 bits per heavy atom. The van der Waals surface area contributed by atoms with E-state index in [1.165, 1.54) is 32.1 Å². The average Bonchev–Trinajstić information content (AvgIpc) is 3.22. The Morgan fingerprint density at radius 3 is 2.04 bits per heavy atom. The first-order chi connectivity index (χ1) is 12.7. The Labute approximate surface area is 158 Å². The van der Waals surface area contributed by atoms with Gasteiger partial charge in [-0.25, -0.2) is 4.79 Å². The molecule has 148 valence electrons. The summed E-state index contributed by atoms with van der Waals surface area (Å²) in [5.74, 6) is 2.35. The Kier molecular flexibility index (Phi) is 7.21.